The Hall–Kier alpha value is -1.08. The van der Waals surface area contributed by atoms with Crippen LogP contribution in [0.5, 0.6) is 0 Å². The van der Waals surface area contributed by atoms with E-state index < -0.39 is 25.2 Å². The Labute approximate surface area is 117 Å². The number of aliphatic hydroxyl groups is 1. The highest BCUT2D eigenvalue weighted by Crippen LogP contribution is 2.21. The largest absolute Gasteiger partial charge is 0.406 e. The van der Waals surface area contributed by atoms with Gasteiger partial charge in [-0.1, -0.05) is 15.9 Å². The van der Waals surface area contributed by atoms with E-state index in [1.54, 1.807) is 19.1 Å². The van der Waals surface area contributed by atoms with Crippen LogP contribution in [-0.4, -0.2) is 41.8 Å². The lowest BCUT2D eigenvalue weighted by Gasteiger charge is -2.23. The summed E-state index contributed by atoms with van der Waals surface area (Å²) in [5.74, 6) is -0.739. The number of nitrogens with zero attached hydrogens (tertiary/aromatic N) is 1. The van der Waals surface area contributed by atoms with Gasteiger partial charge in [0.15, 0.2) is 0 Å². The zero-order chi connectivity index (χ0) is 14.6. The molecule has 0 unspecified atom stereocenters. The van der Waals surface area contributed by atoms with Crippen LogP contribution in [0.1, 0.15) is 15.9 Å². The smallest absolute Gasteiger partial charge is 0.395 e. The number of carbonyl (C=O) groups excluding carboxylic acids is 1. The summed E-state index contributed by atoms with van der Waals surface area (Å²) >= 11 is 3.22. The SMILES string of the molecule is Cc1cc(Br)ccc1C(=O)N(CCO)CC(F)(F)F. The summed E-state index contributed by atoms with van der Waals surface area (Å²) in [7, 11) is 0. The van der Waals surface area contributed by atoms with Gasteiger partial charge in [0.05, 0.1) is 6.61 Å². The number of carbonyl (C=O) groups is 1. The summed E-state index contributed by atoms with van der Waals surface area (Å²) < 4.78 is 37.9. The van der Waals surface area contributed by atoms with E-state index in [9.17, 15) is 18.0 Å². The molecule has 0 fully saturated rings. The van der Waals surface area contributed by atoms with Gasteiger partial charge in [0.1, 0.15) is 6.54 Å². The third kappa shape index (κ3) is 4.83. The molecule has 0 bridgehead atoms. The summed E-state index contributed by atoms with van der Waals surface area (Å²) in [6.07, 6.45) is -4.49. The molecule has 1 rings (SSSR count). The number of halogens is 4. The van der Waals surface area contributed by atoms with Crippen LogP contribution in [0, 0.1) is 6.92 Å². The third-order valence-electron chi connectivity index (χ3n) is 2.45. The normalized spacial score (nSPS) is 11.5. The molecule has 1 N–H and O–H groups in total. The average molecular weight is 340 g/mol. The van der Waals surface area contributed by atoms with Crippen LogP contribution in [0.25, 0.3) is 0 Å². The van der Waals surface area contributed by atoms with Gasteiger partial charge in [-0.3, -0.25) is 4.79 Å². The maximum atomic E-state index is 12.4. The summed E-state index contributed by atoms with van der Waals surface area (Å²) in [4.78, 5) is 12.6. The van der Waals surface area contributed by atoms with Crippen molar-refractivity contribution in [3.8, 4) is 0 Å². The topological polar surface area (TPSA) is 40.5 Å². The van der Waals surface area contributed by atoms with Crippen LogP contribution in [0.2, 0.25) is 0 Å². The van der Waals surface area contributed by atoms with E-state index in [4.69, 9.17) is 5.11 Å². The molecule has 1 amide bonds. The predicted molar refractivity (Wildman–Crippen MR) is 67.9 cm³/mol. The Balaban J connectivity index is 2.99. The fraction of sp³-hybridized carbons (Fsp3) is 0.417. The summed E-state index contributed by atoms with van der Waals surface area (Å²) in [6.45, 7) is -0.601. The second-order valence-electron chi connectivity index (χ2n) is 4.02. The van der Waals surface area contributed by atoms with Crippen LogP contribution in [0.15, 0.2) is 22.7 Å². The first-order valence-electron chi connectivity index (χ1n) is 5.47. The molecule has 0 aliphatic carbocycles. The molecule has 3 nitrogen and oxygen atoms in total. The molecule has 7 heteroatoms. The van der Waals surface area contributed by atoms with Crippen molar-refractivity contribution in [2.75, 3.05) is 19.7 Å². The minimum Gasteiger partial charge on any atom is -0.395 e. The highest BCUT2D eigenvalue weighted by Gasteiger charge is 2.33. The predicted octanol–water partition coefficient (Wildman–Crippen LogP) is 2.75. The molecule has 106 valence electrons. The molecule has 0 heterocycles. The van der Waals surface area contributed by atoms with Crippen molar-refractivity contribution in [2.24, 2.45) is 0 Å². The van der Waals surface area contributed by atoms with E-state index in [1.165, 1.54) is 6.07 Å². The quantitative estimate of drug-likeness (QED) is 0.916. The van der Waals surface area contributed by atoms with Crippen molar-refractivity contribution in [1.82, 2.24) is 4.90 Å². The van der Waals surface area contributed by atoms with Crippen LogP contribution in [-0.2, 0) is 0 Å². The van der Waals surface area contributed by atoms with Crippen molar-refractivity contribution in [3.63, 3.8) is 0 Å². The van der Waals surface area contributed by atoms with Gasteiger partial charge in [0.2, 0.25) is 0 Å². The zero-order valence-electron chi connectivity index (χ0n) is 10.2. The molecule has 19 heavy (non-hydrogen) atoms. The Morgan fingerprint density at radius 2 is 2.05 bits per heavy atom. The van der Waals surface area contributed by atoms with E-state index in [1.807, 2.05) is 0 Å². The van der Waals surface area contributed by atoms with Gasteiger partial charge in [-0.05, 0) is 30.7 Å². The number of hydrogen-bond acceptors (Lipinski definition) is 2. The van der Waals surface area contributed by atoms with Gasteiger partial charge in [0.25, 0.3) is 5.91 Å². The first-order chi connectivity index (χ1) is 8.74. The molecular formula is C12H13BrF3NO2. The van der Waals surface area contributed by atoms with Crippen molar-refractivity contribution in [3.05, 3.63) is 33.8 Å². The molecule has 0 aromatic heterocycles. The van der Waals surface area contributed by atoms with Crippen molar-refractivity contribution < 1.29 is 23.1 Å². The molecule has 0 aliphatic rings. The Kier molecular flexibility index (Phi) is 5.37. The van der Waals surface area contributed by atoms with Gasteiger partial charge >= 0.3 is 6.18 Å². The molecule has 0 atom stereocenters. The monoisotopic (exact) mass is 339 g/mol. The van der Waals surface area contributed by atoms with Crippen molar-refractivity contribution in [1.29, 1.82) is 0 Å². The first kappa shape index (κ1) is 16.0. The van der Waals surface area contributed by atoms with Crippen molar-refractivity contribution >= 4 is 21.8 Å². The number of benzene rings is 1. The molecular weight excluding hydrogens is 327 g/mol. The maximum Gasteiger partial charge on any atom is 0.406 e. The van der Waals surface area contributed by atoms with Crippen LogP contribution in [0.4, 0.5) is 13.2 Å². The molecule has 0 spiro atoms. The lowest BCUT2D eigenvalue weighted by atomic mass is 10.1. The molecule has 0 radical (unpaired) electrons. The van der Waals surface area contributed by atoms with Gasteiger partial charge in [-0.2, -0.15) is 13.2 Å². The van der Waals surface area contributed by atoms with Crippen molar-refractivity contribution in [2.45, 2.75) is 13.1 Å². The van der Waals surface area contributed by atoms with Gasteiger partial charge in [-0.15, -0.1) is 0 Å². The van der Waals surface area contributed by atoms with Crippen LogP contribution >= 0.6 is 15.9 Å². The number of hydrogen-bond donors (Lipinski definition) is 1. The summed E-state index contributed by atoms with van der Waals surface area (Å²) in [6, 6.07) is 4.70. The lowest BCUT2D eigenvalue weighted by Crippen LogP contribution is -2.40. The zero-order valence-corrected chi connectivity index (χ0v) is 11.8. The fourth-order valence-electron chi connectivity index (χ4n) is 1.63. The first-order valence-corrected chi connectivity index (χ1v) is 6.27. The number of amides is 1. The second-order valence-corrected chi connectivity index (χ2v) is 4.94. The van der Waals surface area contributed by atoms with E-state index in [-0.39, 0.29) is 12.1 Å². The summed E-state index contributed by atoms with van der Waals surface area (Å²) in [5, 5.41) is 8.77. The third-order valence-corrected chi connectivity index (χ3v) is 2.94. The maximum absolute atomic E-state index is 12.4. The minimum atomic E-state index is -4.49. The van der Waals surface area contributed by atoms with E-state index >= 15 is 0 Å². The van der Waals surface area contributed by atoms with E-state index in [0.717, 1.165) is 4.47 Å². The standard InChI is InChI=1S/C12H13BrF3NO2/c1-8-6-9(13)2-3-10(8)11(19)17(4-5-18)7-12(14,15)16/h2-3,6,18H,4-5,7H2,1H3. The number of rotatable bonds is 4. The Bertz CT molecular complexity index is 463. The second kappa shape index (κ2) is 6.38. The highest BCUT2D eigenvalue weighted by molar-refractivity contribution is 9.10. The molecule has 1 aromatic rings. The van der Waals surface area contributed by atoms with Crippen LogP contribution < -0.4 is 0 Å². The molecule has 1 aromatic carbocycles. The minimum absolute atomic E-state index is 0.195. The number of aryl methyl sites for hydroxylation is 1. The van der Waals surface area contributed by atoms with Gasteiger partial charge < -0.3 is 10.0 Å². The number of aliphatic hydroxyl groups excluding tert-OH is 1. The van der Waals surface area contributed by atoms with E-state index in [0.29, 0.717) is 10.5 Å². The Morgan fingerprint density at radius 3 is 2.53 bits per heavy atom. The lowest BCUT2D eigenvalue weighted by molar-refractivity contribution is -0.141. The molecule has 0 aliphatic heterocycles. The number of alkyl halides is 3. The summed E-state index contributed by atoms with van der Waals surface area (Å²) in [5.41, 5.74) is 0.769. The molecule has 0 saturated heterocycles. The molecule has 0 saturated carbocycles. The van der Waals surface area contributed by atoms with Crippen LogP contribution in [0.3, 0.4) is 0 Å². The fourth-order valence-corrected chi connectivity index (χ4v) is 2.10. The van der Waals surface area contributed by atoms with E-state index in [2.05, 4.69) is 15.9 Å². The Morgan fingerprint density at radius 1 is 1.42 bits per heavy atom. The highest BCUT2D eigenvalue weighted by atomic mass is 79.9. The van der Waals surface area contributed by atoms with Gasteiger partial charge in [-0.25, -0.2) is 0 Å². The van der Waals surface area contributed by atoms with Gasteiger partial charge in [0, 0.05) is 16.6 Å². The average Bonchev–Trinajstić information content (AvgIpc) is 2.26.